The topological polar surface area (TPSA) is 41.6 Å². The molecule has 0 bridgehead atoms. The van der Waals surface area contributed by atoms with Crippen LogP contribution in [0.1, 0.15) is 0 Å². The molecule has 0 spiro atoms. The minimum atomic E-state index is 0.893. The minimum Gasteiger partial charge on any atom is -0.454 e. The van der Waals surface area contributed by atoms with Crippen molar-refractivity contribution in [1.82, 2.24) is 0 Å². The highest BCUT2D eigenvalue weighted by Crippen LogP contribution is 2.51. The van der Waals surface area contributed by atoms with Gasteiger partial charge in [-0.25, -0.2) is 0 Å². The fourth-order valence-corrected chi connectivity index (χ4v) is 13.2. The van der Waals surface area contributed by atoms with E-state index in [0.29, 0.717) is 0 Å². The Balaban J connectivity index is 0.000000133. The van der Waals surface area contributed by atoms with Crippen LogP contribution in [0.25, 0.3) is 129 Å². The highest BCUT2D eigenvalue weighted by Gasteiger charge is 2.25. The molecule has 4 nitrogen and oxygen atoms in total. The number of nitrogens with one attached hydrogen (secondary N) is 1. The van der Waals surface area contributed by atoms with E-state index in [-0.39, 0.29) is 0 Å². The summed E-state index contributed by atoms with van der Waals surface area (Å²) >= 11 is 1.86. The van der Waals surface area contributed by atoms with Crippen molar-refractivity contribution in [2.75, 3.05) is 10.2 Å². The largest absolute Gasteiger partial charge is 0.454 e. The summed E-state index contributed by atoms with van der Waals surface area (Å²) in [5, 5.41) is 26.1. The number of nitrogens with zero attached hydrogens (tertiary/aromatic N) is 1. The molecule has 3 heterocycles. The van der Waals surface area contributed by atoms with Gasteiger partial charge < -0.3 is 19.1 Å². The lowest BCUT2D eigenvalue weighted by Gasteiger charge is -2.28. The summed E-state index contributed by atoms with van der Waals surface area (Å²) in [7, 11) is 0. The first kappa shape index (κ1) is 40.3. The highest BCUT2D eigenvalue weighted by atomic mass is 32.1. The van der Waals surface area contributed by atoms with Crippen LogP contribution in [0.2, 0.25) is 0 Å². The van der Waals surface area contributed by atoms with Crippen LogP contribution >= 0.6 is 11.3 Å². The Labute approximate surface area is 421 Å². The maximum absolute atomic E-state index is 6.67. The Morgan fingerprint density at radius 2 is 0.767 bits per heavy atom. The van der Waals surface area contributed by atoms with Gasteiger partial charge in [0.25, 0.3) is 0 Å². The predicted octanol–water partition coefficient (Wildman–Crippen LogP) is 20.5. The molecular formula is C68H40N2O2S. The molecule has 0 unspecified atom stereocenters. The number of furan rings is 2. The van der Waals surface area contributed by atoms with E-state index in [9.17, 15) is 0 Å². The molecule has 14 aromatic carbocycles. The average molecular weight is 949 g/mol. The van der Waals surface area contributed by atoms with Gasteiger partial charge in [0.2, 0.25) is 0 Å². The quantitative estimate of drug-likeness (QED) is 0.175. The zero-order valence-electron chi connectivity index (χ0n) is 39.2. The van der Waals surface area contributed by atoms with E-state index in [1.807, 2.05) is 29.5 Å². The molecule has 0 saturated heterocycles. The van der Waals surface area contributed by atoms with Crippen LogP contribution in [0, 0.1) is 0 Å². The normalized spacial score (nSPS) is 12.1. The molecule has 0 atom stereocenters. The van der Waals surface area contributed by atoms with Gasteiger partial charge in [0.05, 0.1) is 27.4 Å². The molecule has 17 aromatic rings. The lowest BCUT2D eigenvalue weighted by Crippen LogP contribution is -2.11. The van der Waals surface area contributed by atoms with Crippen molar-refractivity contribution in [3.05, 3.63) is 237 Å². The van der Waals surface area contributed by atoms with Crippen LogP contribution < -0.4 is 10.2 Å². The third-order valence-electron chi connectivity index (χ3n) is 15.2. The van der Waals surface area contributed by atoms with Gasteiger partial charge >= 0.3 is 0 Å². The average Bonchev–Trinajstić information content (AvgIpc) is 4.15. The summed E-state index contributed by atoms with van der Waals surface area (Å²) in [5.74, 6) is 0. The van der Waals surface area contributed by atoms with Gasteiger partial charge in [-0.05, 0) is 102 Å². The lowest BCUT2D eigenvalue weighted by molar-refractivity contribution is 0.669. The first-order valence-corrected chi connectivity index (χ1v) is 25.6. The van der Waals surface area contributed by atoms with Gasteiger partial charge in [0, 0.05) is 53.5 Å². The lowest BCUT2D eigenvalue weighted by atomic mass is 9.93. The van der Waals surface area contributed by atoms with Gasteiger partial charge in [0.1, 0.15) is 11.2 Å². The Morgan fingerprint density at radius 1 is 0.288 bits per heavy atom. The van der Waals surface area contributed by atoms with Crippen molar-refractivity contribution in [3.8, 4) is 0 Å². The second-order valence-corrected chi connectivity index (χ2v) is 20.2. The molecule has 0 radical (unpaired) electrons. The Hall–Kier alpha value is -9.42. The van der Waals surface area contributed by atoms with Crippen LogP contribution in [-0.4, -0.2) is 0 Å². The first-order valence-electron chi connectivity index (χ1n) is 24.8. The maximum Gasteiger partial charge on any atom is 0.159 e. The van der Waals surface area contributed by atoms with E-state index in [1.54, 1.807) is 0 Å². The van der Waals surface area contributed by atoms with Crippen molar-refractivity contribution in [2.45, 2.75) is 0 Å². The van der Waals surface area contributed by atoms with Gasteiger partial charge in [-0.15, -0.1) is 11.3 Å². The summed E-state index contributed by atoms with van der Waals surface area (Å²) in [6, 6.07) is 84.8. The third-order valence-corrected chi connectivity index (χ3v) is 16.4. The number of fused-ring (bicyclic) bond motifs is 9. The number of benzene rings is 14. The fraction of sp³-hybridized carbons (Fsp3) is 0. The molecule has 0 fully saturated rings. The molecule has 1 N–H and O–H groups in total. The smallest absolute Gasteiger partial charge is 0.159 e. The number of hydrogen-bond acceptors (Lipinski definition) is 5. The molecule has 0 amide bonds. The fourth-order valence-electron chi connectivity index (χ4n) is 12.0. The zero-order chi connectivity index (χ0) is 47.7. The highest BCUT2D eigenvalue weighted by molar-refractivity contribution is 7.26. The number of thiophene rings is 1. The Bertz CT molecular complexity index is 4900. The predicted molar refractivity (Wildman–Crippen MR) is 312 cm³/mol. The molecule has 3 aromatic heterocycles. The first-order chi connectivity index (χ1) is 36.2. The van der Waals surface area contributed by atoms with Crippen LogP contribution in [0.15, 0.2) is 245 Å². The zero-order valence-corrected chi connectivity index (χ0v) is 40.0. The van der Waals surface area contributed by atoms with Crippen LogP contribution in [0.4, 0.5) is 28.4 Å². The number of hydrogen-bond donors (Lipinski definition) is 1. The summed E-state index contributed by atoms with van der Waals surface area (Å²) in [4.78, 5) is 2.44. The molecular weight excluding hydrogens is 909 g/mol. The summed E-state index contributed by atoms with van der Waals surface area (Å²) in [6.07, 6.45) is 0. The SMILES string of the molecule is c1cc2ccc3ccc(N(c4cccc5c4oc4ccccc45)c4cccc5c4sc4ccccc45)c4ccc(c1)c2c34.c1cc2ccc3ccc(Nc4cccc5c4oc4ccccc45)c4ccc(c1)c2c34. The van der Waals surface area contributed by atoms with E-state index >= 15 is 0 Å². The van der Waals surface area contributed by atoms with E-state index in [0.717, 1.165) is 72.3 Å². The molecule has 0 saturated carbocycles. The van der Waals surface area contributed by atoms with Crippen molar-refractivity contribution in [2.24, 2.45) is 0 Å². The van der Waals surface area contributed by atoms with E-state index < -0.39 is 0 Å². The number of anilines is 5. The van der Waals surface area contributed by atoms with Crippen molar-refractivity contribution < 1.29 is 8.83 Å². The second kappa shape index (κ2) is 15.5. The number of para-hydroxylation sites is 4. The van der Waals surface area contributed by atoms with Crippen LogP contribution in [-0.2, 0) is 0 Å². The third kappa shape index (κ3) is 6.00. The standard InChI is InChI=1S/C40H23NOS.C28H17NO/c1-3-16-35-27(10-1)29-12-6-14-33(39(29)42-35)41(34-15-7-13-30-28-11-2-4-17-36(28)43-40(30)34)32-23-21-26-19-18-24-8-5-9-25-20-22-31(32)38(26)37(24)25;1-2-10-25-20(7-1)21-8-4-9-24(28(21)30-25)29-23-16-14-19-12-11-17-5-3-6-18-13-15-22(23)27(19)26(17)18/h1-23H;1-16,29H. The van der Waals surface area contributed by atoms with Crippen LogP contribution in [0.5, 0.6) is 0 Å². The minimum absolute atomic E-state index is 0.893. The molecule has 17 rings (SSSR count). The number of rotatable bonds is 5. The summed E-state index contributed by atoms with van der Waals surface area (Å²) in [5.41, 5.74) is 9.01. The van der Waals surface area contributed by atoms with Crippen molar-refractivity contribution in [1.29, 1.82) is 0 Å². The van der Waals surface area contributed by atoms with E-state index in [2.05, 4.69) is 229 Å². The maximum atomic E-state index is 6.67. The molecule has 73 heavy (non-hydrogen) atoms. The van der Waals surface area contributed by atoms with Crippen LogP contribution in [0.3, 0.4) is 0 Å². The van der Waals surface area contributed by atoms with E-state index in [4.69, 9.17) is 8.83 Å². The van der Waals surface area contributed by atoms with Crippen molar-refractivity contribution >= 4 is 168 Å². The molecule has 0 aliphatic carbocycles. The van der Waals surface area contributed by atoms with Crippen molar-refractivity contribution in [3.63, 3.8) is 0 Å². The monoisotopic (exact) mass is 948 g/mol. The molecule has 340 valence electrons. The van der Waals surface area contributed by atoms with Gasteiger partial charge in [-0.2, -0.15) is 0 Å². The summed E-state index contributed by atoms with van der Waals surface area (Å²) in [6.45, 7) is 0. The molecule has 5 heteroatoms. The van der Waals surface area contributed by atoms with Gasteiger partial charge in [-0.1, -0.05) is 188 Å². The van der Waals surface area contributed by atoms with E-state index in [1.165, 1.54) is 84.8 Å². The molecule has 0 aliphatic rings. The summed E-state index contributed by atoms with van der Waals surface area (Å²) < 4.78 is 15.4. The van der Waals surface area contributed by atoms with Gasteiger partial charge in [-0.3, -0.25) is 0 Å². The Morgan fingerprint density at radius 3 is 1.47 bits per heavy atom. The molecule has 0 aliphatic heterocycles. The Kier molecular flexibility index (Phi) is 8.58. The second-order valence-electron chi connectivity index (χ2n) is 19.2. The van der Waals surface area contributed by atoms with Gasteiger partial charge in [0.15, 0.2) is 11.2 Å².